The van der Waals surface area contributed by atoms with Gasteiger partial charge in [0.25, 0.3) is 0 Å². The third kappa shape index (κ3) is 6.01. The maximum absolute atomic E-state index is 13.3. The smallest absolute Gasteiger partial charge is 0.243 e. The molecule has 5 nitrogen and oxygen atoms in total. The van der Waals surface area contributed by atoms with Gasteiger partial charge in [0.2, 0.25) is 10.0 Å². The van der Waals surface area contributed by atoms with Gasteiger partial charge >= 0.3 is 0 Å². The van der Waals surface area contributed by atoms with E-state index < -0.39 is 10.0 Å². The van der Waals surface area contributed by atoms with E-state index in [1.807, 2.05) is 24.3 Å². The Morgan fingerprint density at radius 1 is 1.00 bits per heavy atom. The van der Waals surface area contributed by atoms with Crippen molar-refractivity contribution in [1.82, 2.24) is 9.21 Å². The molecule has 0 amide bonds. The SMILES string of the molecule is O=S(=O)(c1ccc(Cl)cc1)N(Cc1ccccc1OCCCN1CCCCC1)C1CC1. The van der Waals surface area contributed by atoms with Gasteiger partial charge in [-0.3, -0.25) is 0 Å². The van der Waals surface area contributed by atoms with Crippen LogP contribution >= 0.6 is 11.6 Å². The number of rotatable bonds is 10. The highest BCUT2D eigenvalue weighted by Gasteiger charge is 2.38. The lowest BCUT2D eigenvalue weighted by molar-refractivity contribution is 0.204. The highest BCUT2D eigenvalue weighted by atomic mass is 35.5. The molecule has 0 bridgehead atoms. The third-order valence-corrected chi connectivity index (χ3v) is 8.16. The molecule has 2 fully saturated rings. The monoisotopic (exact) mass is 462 g/mol. The second kappa shape index (κ2) is 10.3. The summed E-state index contributed by atoms with van der Waals surface area (Å²) in [5.41, 5.74) is 0.907. The Labute approximate surface area is 191 Å². The molecule has 1 heterocycles. The van der Waals surface area contributed by atoms with Crippen LogP contribution in [0.15, 0.2) is 53.4 Å². The van der Waals surface area contributed by atoms with Crippen LogP contribution in [-0.4, -0.2) is 49.9 Å². The van der Waals surface area contributed by atoms with Crippen LogP contribution in [0.4, 0.5) is 0 Å². The lowest BCUT2D eigenvalue weighted by Crippen LogP contribution is -2.33. The van der Waals surface area contributed by atoms with Crippen LogP contribution in [0.2, 0.25) is 5.02 Å². The van der Waals surface area contributed by atoms with Gasteiger partial charge in [-0.2, -0.15) is 4.31 Å². The molecule has 0 unspecified atom stereocenters. The van der Waals surface area contributed by atoms with Gasteiger partial charge in [0, 0.05) is 29.7 Å². The number of ether oxygens (including phenoxy) is 1. The quantitative estimate of drug-likeness (QED) is 0.469. The molecule has 1 saturated heterocycles. The van der Waals surface area contributed by atoms with Crippen LogP contribution in [-0.2, 0) is 16.6 Å². The molecule has 0 aromatic heterocycles. The lowest BCUT2D eigenvalue weighted by atomic mass is 10.1. The molecular formula is C24H31ClN2O3S. The Morgan fingerprint density at radius 3 is 2.42 bits per heavy atom. The standard InChI is InChI=1S/C24H31ClN2O3S/c25-21-9-13-23(14-10-21)31(28,29)27(22-11-12-22)19-20-7-2-3-8-24(20)30-18-6-17-26-15-4-1-5-16-26/h2-3,7-10,13-14,22H,1,4-6,11-12,15-19H2. The van der Waals surface area contributed by atoms with Gasteiger partial charge in [-0.05, 0) is 75.5 Å². The molecule has 1 aliphatic carbocycles. The molecular weight excluding hydrogens is 432 g/mol. The summed E-state index contributed by atoms with van der Waals surface area (Å²) in [6.07, 6.45) is 6.70. The summed E-state index contributed by atoms with van der Waals surface area (Å²) in [6, 6.07) is 14.2. The molecule has 31 heavy (non-hydrogen) atoms. The number of para-hydroxylation sites is 1. The first kappa shape index (κ1) is 22.6. The van der Waals surface area contributed by atoms with Crippen LogP contribution in [0.5, 0.6) is 5.75 Å². The Hall–Kier alpha value is -1.60. The van der Waals surface area contributed by atoms with E-state index in [0.29, 0.717) is 18.2 Å². The second-order valence-corrected chi connectivity index (χ2v) is 10.8. The van der Waals surface area contributed by atoms with Gasteiger partial charge in [0.15, 0.2) is 0 Å². The van der Waals surface area contributed by atoms with Crippen molar-refractivity contribution >= 4 is 21.6 Å². The third-order valence-electron chi connectivity index (χ3n) is 6.00. The molecule has 2 aliphatic rings. The molecule has 2 aromatic rings. The molecule has 7 heteroatoms. The van der Waals surface area contributed by atoms with Crippen molar-refractivity contribution in [2.45, 2.75) is 56.0 Å². The average Bonchev–Trinajstić information content (AvgIpc) is 3.62. The second-order valence-electron chi connectivity index (χ2n) is 8.45. The van der Waals surface area contributed by atoms with Crippen LogP contribution in [0.1, 0.15) is 44.1 Å². The zero-order chi connectivity index (χ0) is 21.7. The highest BCUT2D eigenvalue weighted by Crippen LogP contribution is 2.35. The molecule has 0 atom stereocenters. The van der Waals surface area contributed by atoms with Crippen molar-refractivity contribution in [3.8, 4) is 5.75 Å². The maximum Gasteiger partial charge on any atom is 0.243 e. The Morgan fingerprint density at radius 2 is 1.71 bits per heavy atom. The number of sulfonamides is 1. The maximum atomic E-state index is 13.3. The van der Waals surface area contributed by atoms with E-state index in [9.17, 15) is 8.42 Å². The van der Waals surface area contributed by atoms with Crippen molar-refractivity contribution in [3.63, 3.8) is 0 Å². The molecule has 4 rings (SSSR count). The Balaban J connectivity index is 1.42. The largest absolute Gasteiger partial charge is 0.493 e. The zero-order valence-corrected chi connectivity index (χ0v) is 19.5. The molecule has 0 radical (unpaired) electrons. The van der Waals surface area contributed by atoms with E-state index in [4.69, 9.17) is 16.3 Å². The van der Waals surface area contributed by atoms with E-state index in [1.54, 1.807) is 28.6 Å². The van der Waals surface area contributed by atoms with E-state index >= 15 is 0 Å². The van der Waals surface area contributed by atoms with E-state index in [0.717, 1.165) is 37.1 Å². The van der Waals surface area contributed by atoms with Gasteiger partial charge in [-0.15, -0.1) is 0 Å². The fraction of sp³-hybridized carbons (Fsp3) is 0.500. The Kier molecular flexibility index (Phi) is 7.54. The van der Waals surface area contributed by atoms with E-state index in [1.165, 1.54) is 32.4 Å². The molecule has 1 saturated carbocycles. The van der Waals surface area contributed by atoms with Crippen LogP contribution in [0.3, 0.4) is 0 Å². The van der Waals surface area contributed by atoms with Gasteiger partial charge in [-0.1, -0.05) is 36.2 Å². The minimum Gasteiger partial charge on any atom is -0.493 e. The van der Waals surface area contributed by atoms with Gasteiger partial charge in [0.05, 0.1) is 11.5 Å². The first-order valence-electron chi connectivity index (χ1n) is 11.2. The number of likely N-dealkylation sites (tertiary alicyclic amines) is 1. The van der Waals surface area contributed by atoms with Crippen molar-refractivity contribution < 1.29 is 13.2 Å². The number of nitrogens with zero attached hydrogens (tertiary/aromatic N) is 2. The van der Waals surface area contributed by atoms with Gasteiger partial charge in [-0.25, -0.2) is 8.42 Å². The highest BCUT2D eigenvalue weighted by molar-refractivity contribution is 7.89. The van der Waals surface area contributed by atoms with E-state index in [2.05, 4.69) is 4.90 Å². The molecule has 1 aliphatic heterocycles. The summed E-state index contributed by atoms with van der Waals surface area (Å²) in [7, 11) is -3.60. The molecule has 168 valence electrons. The first-order valence-corrected chi connectivity index (χ1v) is 13.1. The number of hydrogen-bond donors (Lipinski definition) is 0. The van der Waals surface area contributed by atoms with Crippen LogP contribution in [0, 0.1) is 0 Å². The Bertz CT molecular complexity index is 955. The fourth-order valence-corrected chi connectivity index (χ4v) is 5.90. The van der Waals surface area contributed by atoms with Gasteiger partial charge in [0.1, 0.15) is 5.75 Å². The van der Waals surface area contributed by atoms with Gasteiger partial charge < -0.3 is 9.64 Å². The van der Waals surface area contributed by atoms with Crippen LogP contribution < -0.4 is 4.74 Å². The fourth-order valence-electron chi connectivity index (χ4n) is 4.11. The summed E-state index contributed by atoms with van der Waals surface area (Å²) in [5.74, 6) is 0.776. The number of piperidine rings is 1. The first-order chi connectivity index (χ1) is 15.0. The molecule has 2 aromatic carbocycles. The molecule has 0 N–H and O–H groups in total. The average molecular weight is 463 g/mol. The summed E-state index contributed by atoms with van der Waals surface area (Å²) < 4.78 is 34.3. The zero-order valence-electron chi connectivity index (χ0n) is 17.9. The van der Waals surface area contributed by atoms with Crippen molar-refractivity contribution in [3.05, 3.63) is 59.1 Å². The number of benzene rings is 2. The summed E-state index contributed by atoms with van der Waals surface area (Å²) in [5, 5.41) is 0.528. The minimum atomic E-state index is -3.60. The predicted molar refractivity (Wildman–Crippen MR) is 124 cm³/mol. The summed E-state index contributed by atoms with van der Waals surface area (Å²) in [6.45, 7) is 4.39. The van der Waals surface area contributed by atoms with Crippen molar-refractivity contribution in [1.29, 1.82) is 0 Å². The van der Waals surface area contributed by atoms with E-state index in [-0.39, 0.29) is 10.9 Å². The van der Waals surface area contributed by atoms with Crippen molar-refractivity contribution in [2.75, 3.05) is 26.2 Å². The van der Waals surface area contributed by atoms with Crippen molar-refractivity contribution in [2.24, 2.45) is 0 Å². The van der Waals surface area contributed by atoms with Crippen LogP contribution in [0.25, 0.3) is 0 Å². The summed E-state index contributed by atoms with van der Waals surface area (Å²) in [4.78, 5) is 2.79. The lowest BCUT2D eigenvalue weighted by Gasteiger charge is -2.26. The summed E-state index contributed by atoms with van der Waals surface area (Å²) >= 11 is 5.95. The minimum absolute atomic E-state index is 0.0489. The topological polar surface area (TPSA) is 49.9 Å². The number of halogens is 1. The normalized spacial score (nSPS) is 17.7. The predicted octanol–water partition coefficient (Wildman–Crippen LogP) is 4.95. The molecule has 0 spiro atoms. The number of hydrogen-bond acceptors (Lipinski definition) is 4.